The molecule has 0 aliphatic carbocycles. The molecule has 0 aromatic heterocycles. The number of aliphatic carboxylic acids is 1. The Morgan fingerprint density at radius 3 is 2.33 bits per heavy atom. The molecular formula is C30H43N3O6. The van der Waals surface area contributed by atoms with Crippen LogP contribution in [-0.2, 0) is 30.3 Å². The molecule has 0 unspecified atom stereocenters. The van der Waals surface area contributed by atoms with Crippen molar-refractivity contribution >= 4 is 34.5 Å². The average molecular weight is 542 g/mol. The van der Waals surface area contributed by atoms with Crippen LogP contribution in [0.25, 0.3) is 10.8 Å². The van der Waals surface area contributed by atoms with Gasteiger partial charge < -0.3 is 26.2 Å². The Bertz CT molecular complexity index is 1120. The number of ether oxygens (including phenoxy) is 1. The van der Waals surface area contributed by atoms with Crippen molar-refractivity contribution in [1.82, 2.24) is 10.6 Å². The van der Waals surface area contributed by atoms with Gasteiger partial charge in [-0.25, -0.2) is 0 Å². The first-order valence-electron chi connectivity index (χ1n) is 13.8. The molecule has 0 aliphatic rings. The highest BCUT2D eigenvalue weighted by molar-refractivity contribution is 5.92. The Labute approximate surface area is 230 Å². The molecule has 2 amide bonds. The van der Waals surface area contributed by atoms with Crippen LogP contribution < -0.4 is 16.4 Å². The number of hydrogen-bond acceptors (Lipinski definition) is 6. The lowest BCUT2D eigenvalue weighted by Gasteiger charge is -2.24. The summed E-state index contributed by atoms with van der Waals surface area (Å²) in [5.74, 6) is -2.86. The van der Waals surface area contributed by atoms with Crippen molar-refractivity contribution in [3.63, 3.8) is 0 Å². The van der Waals surface area contributed by atoms with E-state index in [1.165, 1.54) is 6.92 Å². The molecule has 2 aromatic carbocycles. The number of esters is 1. The van der Waals surface area contributed by atoms with Crippen LogP contribution in [0, 0.1) is 5.92 Å². The Morgan fingerprint density at radius 2 is 1.67 bits per heavy atom. The molecule has 5 N–H and O–H groups in total. The van der Waals surface area contributed by atoms with E-state index in [9.17, 15) is 24.3 Å². The number of nitrogens with one attached hydrogen (secondary N) is 2. The number of carbonyl (C=O) groups is 4. The Hall–Kier alpha value is -3.46. The summed E-state index contributed by atoms with van der Waals surface area (Å²) >= 11 is 0. The lowest BCUT2D eigenvalue weighted by Crippen LogP contribution is -2.52. The number of nitrogens with two attached hydrogens (primary N) is 1. The number of hydrogen-bond donors (Lipinski definition) is 4. The minimum atomic E-state index is -1.18. The van der Waals surface area contributed by atoms with Gasteiger partial charge >= 0.3 is 11.9 Å². The zero-order valence-corrected chi connectivity index (χ0v) is 23.4. The maximum atomic E-state index is 13.2. The van der Waals surface area contributed by atoms with E-state index in [0.29, 0.717) is 6.42 Å². The second-order valence-electron chi connectivity index (χ2n) is 10.2. The molecule has 39 heavy (non-hydrogen) atoms. The van der Waals surface area contributed by atoms with Crippen LogP contribution >= 0.6 is 0 Å². The van der Waals surface area contributed by atoms with Gasteiger partial charge in [-0.05, 0) is 42.0 Å². The molecular weight excluding hydrogens is 498 g/mol. The van der Waals surface area contributed by atoms with Gasteiger partial charge in [-0.1, -0.05) is 82.5 Å². The zero-order valence-electron chi connectivity index (χ0n) is 23.4. The third-order valence-corrected chi connectivity index (χ3v) is 7.04. The average Bonchev–Trinajstić information content (AvgIpc) is 2.91. The summed E-state index contributed by atoms with van der Waals surface area (Å²) in [6, 6.07) is 10.5. The van der Waals surface area contributed by atoms with E-state index >= 15 is 0 Å². The van der Waals surface area contributed by atoms with Crippen LogP contribution in [0.1, 0.15) is 71.8 Å². The van der Waals surface area contributed by atoms with Crippen molar-refractivity contribution in [2.75, 3.05) is 0 Å². The van der Waals surface area contributed by atoms with Gasteiger partial charge in [-0.15, -0.1) is 0 Å². The van der Waals surface area contributed by atoms with Gasteiger partial charge in [0, 0.05) is 6.42 Å². The predicted molar refractivity (Wildman–Crippen MR) is 151 cm³/mol. The SMILES string of the molecule is CCCCC[C@H](CC(=O)N[C@@H](Cc1cccc2ccccc12)C(=O)N[C@@H](C)C(=O)O)OC(=O)[C@H](N)[C@@H](C)CC. The molecule has 0 saturated carbocycles. The van der Waals surface area contributed by atoms with Gasteiger partial charge in [-0.3, -0.25) is 19.2 Å². The van der Waals surface area contributed by atoms with E-state index < -0.39 is 48.0 Å². The van der Waals surface area contributed by atoms with Gasteiger partial charge in [0.2, 0.25) is 11.8 Å². The molecule has 0 radical (unpaired) electrons. The number of unbranched alkanes of at least 4 members (excludes halogenated alkanes) is 2. The topological polar surface area (TPSA) is 148 Å². The summed E-state index contributed by atoms with van der Waals surface area (Å²) in [6.45, 7) is 7.23. The third kappa shape index (κ3) is 9.98. The molecule has 0 heterocycles. The fourth-order valence-electron chi connectivity index (χ4n) is 4.29. The standard InChI is InChI=1S/C30H43N3O6/c1-5-7-8-15-23(39-30(38)27(31)19(3)6-2)18-26(34)33-25(28(35)32-20(4)29(36)37)17-22-14-11-13-21-12-9-10-16-24(21)22/h9-14,16,19-20,23,25,27H,5-8,15,17-18,31H2,1-4H3,(H,32,35)(H,33,34)(H,36,37)/t19-,20-,23+,25-,27+/m0/s1. The van der Waals surface area contributed by atoms with Gasteiger partial charge in [0.15, 0.2) is 0 Å². The zero-order chi connectivity index (χ0) is 28.9. The number of carboxylic acids is 1. The van der Waals surface area contributed by atoms with Crippen molar-refractivity contribution in [2.45, 2.75) is 96.9 Å². The van der Waals surface area contributed by atoms with Crippen molar-refractivity contribution < 1.29 is 29.0 Å². The summed E-state index contributed by atoms with van der Waals surface area (Å²) in [5.41, 5.74) is 6.89. The van der Waals surface area contributed by atoms with Gasteiger partial charge in [0.1, 0.15) is 24.2 Å². The fraction of sp³-hybridized carbons (Fsp3) is 0.533. The molecule has 5 atom stereocenters. The first-order chi connectivity index (χ1) is 18.6. The molecule has 9 nitrogen and oxygen atoms in total. The van der Waals surface area contributed by atoms with E-state index in [2.05, 4.69) is 17.6 Å². The molecule has 0 fully saturated rings. The summed E-state index contributed by atoms with van der Waals surface area (Å²) in [4.78, 5) is 50.3. The Morgan fingerprint density at radius 1 is 0.974 bits per heavy atom. The normalized spacial score (nSPS) is 15.0. The van der Waals surface area contributed by atoms with E-state index in [-0.39, 0.29) is 18.8 Å². The first kappa shape index (κ1) is 31.8. The van der Waals surface area contributed by atoms with E-state index in [1.54, 1.807) is 0 Å². The summed E-state index contributed by atoms with van der Waals surface area (Å²) in [7, 11) is 0. The predicted octanol–water partition coefficient (Wildman–Crippen LogP) is 3.71. The van der Waals surface area contributed by atoms with Crippen LogP contribution in [0.2, 0.25) is 0 Å². The second kappa shape index (κ2) is 15.8. The van der Waals surface area contributed by atoms with Crippen molar-refractivity contribution in [1.29, 1.82) is 0 Å². The first-order valence-corrected chi connectivity index (χ1v) is 13.8. The number of carboxylic acid groups (broad SMARTS) is 1. The van der Waals surface area contributed by atoms with Crippen LogP contribution in [0.5, 0.6) is 0 Å². The number of benzene rings is 2. The molecule has 0 spiro atoms. The molecule has 9 heteroatoms. The lowest BCUT2D eigenvalue weighted by molar-refractivity contribution is -0.153. The molecule has 0 saturated heterocycles. The third-order valence-electron chi connectivity index (χ3n) is 7.04. The van der Waals surface area contributed by atoms with E-state index in [4.69, 9.17) is 10.5 Å². The summed E-state index contributed by atoms with van der Waals surface area (Å²) < 4.78 is 5.66. The van der Waals surface area contributed by atoms with Crippen LogP contribution in [0.3, 0.4) is 0 Å². The minimum absolute atomic E-state index is 0.0624. The van der Waals surface area contributed by atoms with Gasteiger partial charge in [0.25, 0.3) is 0 Å². The quantitative estimate of drug-likeness (QED) is 0.187. The number of rotatable bonds is 16. The molecule has 0 aliphatic heterocycles. The van der Waals surface area contributed by atoms with Crippen molar-refractivity contribution in [2.24, 2.45) is 11.7 Å². The largest absolute Gasteiger partial charge is 0.480 e. The van der Waals surface area contributed by atoms with Crippen LogP contribution in [0.4, 0.5) is 0 Å². The van der Waals surface area contributed by atoms with E-state index in [0.717, 1.165) is 42.0 Å². The van der Waals surface area contributed by atoms with Crippen LogP contribution in [-0.4, -0.2) is 53.1 Å². The number of amides is 2. The van der Waals surface area contributed by atoms with Crippen molar-refractivity contribution in [3.8, 4) is 0 Å². The lowest BCUT2D eigenvalue weighted by atomic mass is 9.98. The summed E-state index contributed by atoms with van der Waals surface area (Å²) in [5, 5.41) is 16.4. The maximum Gasteiger partial charge on any atom is 0.325 e. The van der Waals surface area contributed by atoms with Gasteiger partial charge in [-0.2, -0.15) is 0 Å². The summed E-state index contributed by atoms with van der Waals surface area (Å²) in [6.07, 6.45) is 3.23. The number of carbonyl (C=O) groups excluding carboxylic acids is 3. The second-order valence-corrected chi connectivity index (χ2v) is 10.2. The van der Waals surface area contributed by atoms with Crippen LogP contribution in [0.15, 0.2) is 42.5 Å². The maximum absolute atomic E-state index is 13.2. The van der Waals surface area contributed by atoms with Crippen molar-refractivity contribution in [3.05, 3.63) is 48.0 Å². The highest BCUT2D eigenvalue weighted by Gasteiger charge is 2.29. The smallest absolute Gasteiger partial charge is 0.325 e. The van der Waals surface area contributed by atoms with Gasteiger partial charge in [0.05, 0.1) is 6.42 Å². The fourth-order valence-corrected chi connectivity index (χ4v) is 4.29. The Balaban J connectivity index is 2.22. The van der Waals surface area contributed by atoms with E-state index in [1.807, 2.05) is 56.3 Å². The monoisotopic (exact) mass is 541 g/mol. The minimum Gasteiger partial charge on any atom is -0.480 e. The highest BCUT2D eigenvalue weighted by atomic mass is 16.5. The molecule has 0 bridgehead atoms. The molecule has 214 valence electrons. The number of fused-ring (bicyclic) bond motifs is 1. The highest BCUT2D eigenvalue weighted by Crippen LogP contribution is 2.20. The Kier molecular flexibility index (Phi) is 12.9. The molecule has 2 aromatic rings. The molecule has 2 rings (SSSR count).